The number of hydrogen-bond acceptors (Lipinski definition) is 4. The molecule has 1 aromatic heterocycles. The Labute approximate surface area is 112 Å². The van der Waals surface area contributed by atoms with Gasteiger partial charge in [0.15, 0.2) is 0 Å². The molecule has 1 amide bonds. The summed E-state index contributed by atoms with van der Waals surface area (Å²) in [5.74, 6) is -0.207. The minimum atomic E-state index is -3.33. The molecule has 0 bridgehead atoms. The standard InChI is InChI=1S/C11H18N4O3S/c1-2-6-19(17,18)15-5-3-4-10(15)11(16)14-9-7-12-13-8-9/h7-8,10H,2-6H2,1H3,(H,12,13)(H,14,16). The summed E-state index contributed by atoms with van der Waals surface area (Å²) in [5.41, 5.74) is 0.546. The van der Waals surface area contributed by atoms with Crippen molar-refractivity contribution in [3.8, 4) is 0 Å². The molecule has 106 valence electrons. The first kappa shape index (κ1) is 14.0. The summed E-state index contributed by atoms with van der Waals surface area (Å²) in [7, 11) is -3.33. The molecule has 8 heteroatoms. The summed E-state index contributed by atoms with van der Waals surface area (Å²) < 4.78 is 25.5. The second-order valence-electron chi connectivity index (χ2n) is 4.56. The van der Waals surface area contributed by atoms with Gasteiger partial charge in [0.25, 0.3) is 0 Å². The van der Waals surface area contributed by atoms with Gasteiger partial charge in [0.1, 0.15) is 6.04 Å². The molecule has 0 radical (unpaired) electrons. The van der Waals surface area contributed by atoms with E-state index in [1.807, 2.05) is 6.92 Å². The van der Waals surface area contributed by atoms with E-state index in [4.69, 9.17) is 0 Å². The number of amides is 1. The molecular formula is C11H18N4O3S. The molecule has 0 spiro atoms. The van der Waals surface area contributed by atoms with E-state index >= 15 is 0 Å². The Bertz CT molecular complexity index is 526. The lowest BCUT2D eigenvalue weighted by molar-refractivity contribution is -0.119. The van der Waals surface area contributed by atoms with E-state index < -0.39 is 16.1 Å². The van der Waals surface area contributed by atoms with Crippen LogP contribution in [0.25, 0.3) is 0 Å². The van der Waals surface area contributed by atoms with Crippen molar-refractivity contribution in [1.29, 1.82) is 0 Å². The first-order valence-electron chi connectivity index (χ1n) is 6.33. The molecule has 1 atom stereocenters. The third-order valence-electron chi connectivity index (χ3n) is 3.09. The number of carbonyl (C=O) groups is 1. The Kier molecular flexibility index (Phi) is 4.20. The van der Waals surface area contributed by atoms with Gasteiger partial charge in [-0.1, -0.05) is 6.92 Å². The van der Waals surface area contributed by atoms with Gasteiger partial charge < -0.3 is 5.32 Å². The predicted octanol–water partition coefficient (Wildman–Crippen LogP) is 0.552. The number of nitrogens with one attached hydrogen (secondary N) is 2. The van der Waals surface area contributed by atoms with Crippen LogP contribution in [0, 0.1) is 0 Å². The lowest BCUT2D eigenvalue weighted by Crippen LogP contribution is -2.43. The monoisotopic (exact) mass is 286 g/mol. The second kappa shape index (κ2) is 5.70. The zero-order valence-corrected chi connectivity index (χ0v) is 11.6. The van der Waals surface area contributed by atoms with Crippen molar-refractivity contribution in [3.05, 3.63) is 12.4 Å². The summed E-state index contributed by atoms with van der Waals surface area (Å²) in [4.78, 5) is 12.1. The average Bonchev–Trinajstić information content (AvgIpc) is 2.98. The molecule has 1 aliphatic heterocycles. The maximum Gasteiger partial charge on any atom is 0.242 e. The minimum Gasteiger partial charge on any atom is -0.322 e. The van der Waals surface area contributed by atoms with Crippen LogP contribution in [0.5, 0.6) is 0 Å². The van der Waals surface area contributed by atoms with Crippen molar-refractivity contribution in [1.82, 2.24) is 14.5 Å². The Balaban J connectivity index is 2.08. The molecule has 1 aliphatic rings. The number of H-pyrrole nitrogens is 1. The Morgan fingerprint density at radius 1 is 1.63 bits per heavy atom. The number of nitrogens with zero attached hydrogens (tertiary/aromatic N) is 2. The van der Waals surface area contributed by atoms with Gasteiger partial charge in [0, 0.05) is 12.7 Å². The third-order valence-corrected chi connectivity index (χ3v) is 5.17. The van der Waals surface area contributed by atoms with E-state index in [1.54, 1.807) is 6.20 Å². The number of sulfonamides is 1. The quantitative estimate of drug-likeness (QED) is 0.826. The summed E-state index contributed by atoms with van der Waals surface area (Å²) >= 11 is 0. The van der Waals surface area contributed by atoms with E-state index in [-0.39, 0.29) is 11.7 Å². The van der Waals surface area contributed by atoms with Crippen molar-refractivity contribution in [2.75, 3.05) is 17.6 Å². The number of aromatic nitrogens is 2. The van der Waals surface area contributed by atoms with Crippen LogP contribution in [0.2, 0.25) is 0 Å². The molecule has 2 N–H and O–H groups in total. The fourth-order valence-electron chi connectivity index (χ4n) is 2.26. The van der Waals surface area contributed by atoms with Gasteiger partial charge in [0.05, 0.1) is 17.6 Å². The van der Waals surface area contributed by atoms with E-state index in [0.717, 1.165) is 0 Å². The van der Waals surface area contributed by atoms with Gasteiger partial charge in [-0.15, -0.1) is 0 Å². The van der Waals surface area contributed by atoms with Gasteiger partial charge in [-0.25, -0.2) is 8.42 Å². The van der Waals surface area contributed by atoms with E-state index in [0.29, 0.717) is 31.5 Å². The molecule has 1 unspecified atom stereocenters. The smallest absolute Gasteiger partial charge is 0.242 e. The van der Waals surface area contributed by atoms with Gasteiger partial charge in [-0.3, -0.25) is 9.89 Å². The number of carbonyl (C=O) groups excluding carboxylic acids is 1. The molecule has 7 nitrogen and oxygen atoms in total. The zero-order valence-electron chi connectivity index (χ0n) is 10.8. The Hall–Kier alpha value is -1.41. The SMILES string of the molecule is CCCS(=O)(=O)N1CCCC1C(=O)Nc1cn[nH]c1. The molecule has 1 saturated heterocycles. The fourth-order valence-corrected chi connectivity index (χ4v) is 4.00. The third kappa shape index (κ3) is 3.13. The minimum absolute atomic E-state index is 0.0858. The van der Waals surface area contributed by atoms with Crippen LogP contribution in [0.1, 0.15) is 26.2 Å². The highest BCUT2D eigenvalue weighted by Gasteiger charge is 2.38. The van der Waals surface area contributed by atoms with Crippen molar-refractivity contribution in [2.45, 2.75) is 32.2 Å². The van der Waals surface area contributed by atoms with E-state index in [9.17, 15) is 13.2 Å². The first-order valence-corrected chi connectivity index (χ1v) is 7.94. The van der Waals surface area contributed by atoms with E-state index in [1.165, 1.54) is 10.5 Å². The zero-order chi connectivity index (χ0) is 13.9. The second-order valence-corrected chi connectivity index (χ2v) is 6.60. The van der Waals surface area contributed by atoms with Crippen LogP contribution in [0.4, 0.5) is 5.69 Å². The Morgan fingerprint density at radius 2 is 2.42 bits per heavy atom. The molecule has 1 fully saturated rings. The highest BCUT2D eigenvalue weighted by Crippen LogP contribution is 2.23. The molecule has 2 rings (SSSR count). The van der Waals surface area contributed by atoms with Gasteiger partial charge in [-0.05, 0) is 19.3 Å². The van der Waals surface area contributed by atoms with Crippen LogP contribution in [0.15, 0.2) is 12.4 Å². The molecule has 0 saturated carbocycles. The molecule has 1 aromatic rings. The highest BCUT2D eigenvalue weighted by molar-refractivity contribution is 7.89. The van der Waals surface area contributed by atoms with Crippen LogP contribution in [0.3, 0.4) is 0 Å². The maximum atomic E-state index is 12.1. The van der Waals surface area contributed by atoms with Crippen LogP contribution in [-0.4, -0.2) is 47.2 Å². The van der Waals surface area contributed by atoms with Crippen LogP contribution >= 0.6 is 0 Å². The number of anilines is 1. The lowest BCUT2D eigenvalue weighted by atomic mass is 10.2. The van der Waals surface area contributed by atoms with Gasteiger partial charge in [0.2, 0.25) is 15.9 Å². The number of rotatable bonds is 5. The van der Waals surface area contributed by atoms with E-state index in [2.05, 4.69) is 15.5 Å². The van der Waals surface area contributed by atoms with Crippen molar-refractivity contribution in [2.24, 2.45) is 0 Å². The van der Waals surface area contributed by atoms with Gasteiger partial charge in [-0.2, -0.15) is 9.40 Å². The highest BCUT2D eigenvalue weighted by atomic mass is 32.2. The predicted molar refractivity (Wildman–Crippen MR) is 71.0 cm³/mol. The molecule has 0 aromatic carbocycles. The Morgan fingerprint density at radius 3 is 3.05 bits per heavy atom. The fraction of sp³-hybridized carbons (Fsp3) is 0.636. The average molecular weight is 286 g/mol. The first-order chi connectivity index (χ1) is 9.04. The van der Waals surface area contributed by atoms with Gasteiger partial charge >= 0.3 is 0 Å². The molecule has 0 aliphatic carbocycles. The van der Waals surface area contributed by atoms with Crippen LogP contribution in [-0.2, 0) is 14.8 Å². The van der Waals surface area contributed by atoms with Crippen molar-refractivity contribution < 1.29 is 13.2 Å². The number of hydrogen-bond donors (Lipinski definition) is 2. The normalized spacial score (nSPS) is 20.6. The summed E-state index contributed by atoms with van der Waals surface area (Å²) in [5, 5.41) is 8.99. The largest absolute Gasteiger partial charge is 0.322 e. The topological polar surface area (TPSA) is 95.2 Å². The molecule has 19 heavy (non-hydrogen) atoms. The van der Waals surface area contributed by atoms with Crippen molar-refractivity contribution in [3.63, 3.8) is 0 Å². The summed E-state index contributed by atoms with van der Waals surface area (Å²) in [6, 6.07) is -0.605. The maximum absolute atomic E-state index is 12.1. The number of aromatic amines is 1. The molecular weight excluding hydrogens is 268 g/mol. The summed E-state index contributed by atoms with van der Waals surface area (Å²) in [6.45, 7) is 2.24. The summed E-state index contributed by atoms with van der Waals surface area (Å²) in [6.07, 6.45) is 4.86. The van der Waals surface area contributed by atoms with Crippen LogP contribution < -0.4 is 5.32 Å². The lowest BCUT2D eigenvalue weighted by Gasteiger charge is -2.22. The van der Waals surface area contributed by atoms with Crippen molar-refractivity contribution >= 4 is 21.6 Å². The molecule has 2 heterocycles.